The predicted molar refractivity (Wildman–Crippen MR) is 90.8 cm³/mol. The number of methoxy groups -OCH3 is 2. The first-order valence-electron chi connectivity index (χ1n) is 7.38. The van der Waals surface area contributed by atoms with E-state index in [-0.39, 0.29) is 11.4 Å². The molecule has 1 N–H and O–H groups in total. The standard InChI is InChI=1S/C16H17NO6S2/c1-22-11-3-5-12(6-4-11)25(20,21)17-9-10-7-8-24-15(10)14(18)13(17)16(19)23-2/h3-8,13-14,18H,9H2,1-2H3/t13-,14-/m1/s1. The molecule has 0 unspecified atom stereocenters. The molecule has 1 aliphatic rings. The molecule has 0 amide bonds. The molecule has 0 saturated heterocycles. The van der Waals surface area contributed by atoms with Gasteiger partial charge in [-0.25, -0.2) is 8.42 Å². The highest BCUT2D eigenvalue weighted by Crippen LogP contribution is 2.38. The summed E-state index contributed by atoms with van der Waals surface area (Å²) in [6.45, 7) is -0.00990. The molecule has 1 aliphatic heterocycles. The minimum atomic E-state index is -4.02. The molecule has 0 spiro atoms. The summed E-state index contributed by atoms with van der Waals surface area (Å²) in [7, 11) is -1.38. The minimum Gasteiger partial charge on any atom is -0.497 e. The Balaban J connectivity index is 2.06. The van der Waals surface area contributed by atoms with Crippen LogP contribution in [0.25, 0.3) is 0 Å². The lowest BCUT2D eigenvalue weighted by molar-refractivity contribution is -0.150. The van der Waals surface area contributed by atoms with E-state index >= 15 is 0 Å². The molecule has 1 aromatic carbocycles. The summed E-state index contributed by atoms with van der Waals surface area (Å²) < 4.78 is 36.9. The van der Waals surface area contributed by atoms with Crippen LogP contribution in [0.5, 0.6) is 5.75 Å². The normalized spacial score (nSPS) is 20.8. The topological polar surface area (TPSA) is 93.1 Å². The van der Waals surface area contributed by atoms with E-state index in [1.807, 2.05) is 0 Å². The van der Waals surface area contributed by atoms with Crippen LogP contribution >= 0.6 is 11.3 Å². The van der Waals surface area contributed by atoms with Gasteiger partial charge in [-0.2, -0.15) is 4.31 Å². The molecule has 2 heterocycles. The van der Waals surface area contributed by atoms with Crippen LogP contribution in [0.3, 0.4) is 0 Å². The second-order valence-corrected chi connectivity index (χ2v) is 8.29. The highest BCUT2D eigenvalue weighted by Gasteiger charge is 2.46. The number of aliphatic hydroxyl groups is 1. The molecule has 0 saturated carbocycles. The molecule has 7 nitrogen and oxygen atoms in total. The van der Waals surface area contributed by atoms with Gasteiger partial charge in [0.05, 0.1) is 19.1 Å². The van der Waals surface area contributed by atoms with Crippen LogP contribution < -0.4 is 4.74 Å². The lowest BCUT2D eigenvalue weighted by Crippen LogP contribution is -2.50. The summed E-state index contributed by atoms with van der Waals surface area (Å²) >= 11 is 1.28. The van der Waals surface area contributed by atoms with Gasteiger partial charge in [0.25, 0.3) is 0 Å². The summed E-state index contributed by atoms with van der Waals surface area (Å²) in [6, 6.07) is 6.26. The van der Waals surface area contributed by atoms with Gasteiger partial charge in [-0.3, -0.25) is 4.79 Å². The van der Waals surface area contributed by atoms with Crippen LogP contribution in [0.15, 0.2) is 40.6 Å². The third kappa shape index (κ3) is 3.04. The molecule has 2 aromatic rings. The van der Waals surface area contributed by atoms with E-state index in [4.69, 9.17) is 9.47 Å². The zero-order valence-electron chi connectivity index (χ0n) is 13.6. The zero-order valence-corrected chi connectivity index (χ0v) is 15.2. The van der Waals surface area contributed by atoms with Crippen molar-refractivity contribution in [1.82, 2.24) is 4.31 Å². The van der Waals surface area contributed by atoms with Crippen molar-refractivity contribution in [2.75, 3.05) is 14.2 Å². The lowest BCUT2D eigenvalue weighted by Gasteiger charge is -2.35. The summed E-state index contributed by atoms with van der Waals surface area (Å²) in [5.41, 5.74) is 0.676. The maximum atomic E-state index is 13.1. The highest BCUT2D eigenvalue weighted by atomic mass is 32.2. The third-order valence-electron chi connectivity index (χ3n) is 4.09. The Morgan fingerprint density at radius 1 is 1.24 bits per heavy atom. The van der Waals surface area contributed by atoms with E-state index in [0.717, 1.165) is 11.4 Å². The number of hydrogen-bond donors (Lipinski definition) is 1. The van der Waals surface area contributed by atoms with Crippen molar-refractivity contribution >= 4 is 27.3 Å². The highest BCUT2D eigenvalue weighted by molar-refractivity contribution is 7.89. The van der Waals surface area contributed by atoms with Crippen molar-refractivity contribution in [2.45, 2.75) is 23.6 Å². The van der Waals surface area contributed by atoms with Crippen LogP contribution in [-0.2, 0) is 26.1 Å². The number of ether oxygens (including phenoxy) is 2. The molecule has 9 heteroatoms. The molecular weight excluding hydrogens is 366 g/mol. The molecule has 134 valence electrons. The van der Waals surface area contributed by atoms with E-state index in [2.05, 4.69) is 0 Å². The van der Waals surface area contributed by atoms with Crippen molar-refractivity contribution in [3.05, 3.63) is 46.2 Å². The molecule has 0 fully saturated rings. The average molecular weight is 383 g/mol. The molecule has 0 aliphatic carbocycles. The molecule has 0 bridgehead atoms. The number of carbonyl (C=O) groups is 1. The van der Waals surface area contributed by atoms with Gasteiger partial charge in [-0.05, 0) is 41.3 Å². The number of esters is 1. The number of thiophene rings is 1. The van der Waals surface area contributed by atoms with Crippen LogP contribution in [-0.4, -0.2) is 44.1 Å². The van der Waals surface area contributed by atoms with Gasteiger partial charge in [-0.1, -0.05) is 0 Å². The molecule has 25 heavy (non-hydrogen) atoms. The number of carbonyl (C=O) groups excluding carboxylic acids is 1. The molecule has 0 radical (unpaired) electrons. The minimum absolute atomic E-state index is 0.00748. The number of hydrogen-bond acceptors (Lipinski definition) is 7. The van der Waals surface area contributed by atoms with E-state index in [0.29, 0.717) is 16.2 Å². The van der Waals surface area contributed by atoms with Gasteiger partial charge in [0, 0.05) is 11.4 Å². The monoisotopic (exact) mass is 383 g/mol. The van der Waals surface area contributed by atoms with Crippen molar-refractivity contribution in [3.8, 4) is 5.75 Å². The lowest BCUT2D eigenvalue weighted by atomic mass is 10.0. The average Bonchev–Trinajstić information content (AvgIpc) is 3.10. The number of fused-ring (bicyclic) bond motifs is 1. The molecule has 2 atom stereocenters. The maximum Gasteiger partial charge on any atom is 0.327 e. The summed E-state index contributed by atoms with van der Waals surface area (Å²) in [5, 5.41) is 12.3. The van der Waals surface area contributed by atoms with Crippen LogP contribution in [0.2, 0.25) is 0 Å². The van der Waals surface area contributed by atoms with E-state index in [9.17, 15) is 18.3 Å². The summed E-state index contributed by atoms with van der Waals surface area (Å²) in [4.78, 5) is 12.8. The van der Waals surface area contributed by atoms with Crippen molar-refractivity contribution < 1.29 is 27.8 Å². The first-order chi connectivity index (χ1) is 11.9. The quantitative estimate of drug-likeness (QED) is 0.805. The smallest absolute Gasteiger partial charge is 0.327 e. The molecular formula is C16H17NO6S2. The number of rotatable bonds is 4. The Morgan fingerprint density at radius 2 is 1.92 bits per heavy atom. The SMILES string of the molecule is COC(=O)[C@H]1[C@@H](O)c2sccc2CN1S(=O)(=O)c1ccc(OC)cc1. The predicted octanol–water partition coefficient (Wildman–Crippen LogP) is 1.54. The summed E-state index contributed by atoms with van der Waals surface area (Å²) in [5.74, 6) is -0.286. The van der Waals surface area contributed by atoms with Crippen molar-refractivity contribution in [2.24, 2.45) is 0 Å². The van der Waals surface area contributed by atoms with Crippen molar-refractivity contribution in [1.29, 1.82) is 0 Å². The van der Waals surface area contributed by atoms with Crippen LogP contribution in [0, 0.1) is 0 Å². The van der Waals surface area contributed by atoms with Gasteiger partial charge >= 0.3 is 5.97 Å². The first kappa shape index (κ1) is 17.9. The van der Waals surface area contributed by atoms with Gasteiger partial charge in [-0.15, -0.1) is 11.3 Å². The number of nitrogens with zero attached hydrogens (tertiary/aromatic N) is 1. The Bertz CT molecular complexity index is 874. The van der Waals surface area contributed by atoms with Gasteiger partial charge in [0.1, 0.15) is 11.9 Å². The van der Waals surface area contributed by atoms with E-state index in [1.165, 1.54) is 42.7 Å². The fourth-order valence-electron chi connectivity index (χ4n) is 2.79. The number of aliphatic hydroxyl groups excluding tert-OH is 1. The molecule has 3 rings (SSSR count). The Labute approximate surface area is 149 Å². The van der Waals surface area contributed by atoms with Gasteiger partial charge in [0.2, 0.25) is 10.0 Å². The van der Waals surface area contributed by atoms with Gasteiger partial charge in [0.15, 0.2) is 6.04 Å². The largest absolute Gasteiger partial charge is 0.497 e. The second-order valence-electron chi connectivity index (χ2n) is 5.45. The Morgan fingerprint density at radius 3 is 2.52 bits per heavy atom. The second kappa shape index (κ2) is 6.75. The number of sulfonamides is 1. The fraction of sp³-hybridized carbons (Fsp3) is 0.312. The zero-order chi connectivity index (χ0) is 18.2. The molecule has 1 aromatic heterocycles. The Kier molecular flexibility index (Phi) is 4.83. The Hall–Kier alpha value is -1.94. The fourth-order valence-corrected chi connectivity index (χ4v) is 5.28. The third-order valence-corrected chi connectivity index (χ3v) is 6.96. The maximum absolute atomic E-state index is 13.1. The van der Waals surface area contributed by atoms with Crippen LogP contribution in [0.1, 0.15) is 16.5 Å². The van der Waals surface area contributed by atoms with E-state index < -0.39 is 28.1 Å². The van der Waals surface area contributed by atoms with Crippen molar-refractivity contribution in [3.63, 3.8) is 0 Å². The van der Waals surface area contributed by atoms with Gasteiger partial charge < -0.3 is 14.6 Å². The number of benzene rings is 1. The first-order valence-corrected chi connectivity index (χ1v) is 9.70. The summed E-state index contributed by atoms with van der Waals surface area (Å²) in [6.07, 6.45) is -1.27. The van der Waals surface area contributed by atoms with E-state index in [1.54, 1.807) is 11.4 Å². The van der Waals surface area contributed by atoms with Crippen LogP contribution in [0.4, 0.5) is 0 Å².